The average molecular weight is 349 g/mol. The average Bonchev–Trinajstić information content (AvgIpc) is 3.16. The molecular weight excluding hydrogens is 330 g/mol. The highest BCUT2D eigenvalue weighted by Crippen LogP contribution is 2.29. The van der Waals surface area contributed by atoms with Crippen molar-refractivity contribution < 1.29 is 14.0 Å². The number of amides is 3. The number of carbonyl (C=O) groups excluding carboxylic acids is 2. The number of nitrogens with one attached hydrogen (secondary N) is 3. The molecule has 0 spiro atoms. The van der Waals surface area contributed by atoms with E-state index in [4.69, 9.17) is 4.42 Å². The minimum absolute atomic E-state index is 0.0787. The van der Waals surface area contributed by atoms with Crippen LogP contribution in [0.4, 0.5) is 10.5 Å². The Bertz CT molecular complexity index is 1020. The van der Waals surface area contributed by atoms with Gasteiger partial charge in [-0.2, -0.15) is 0 Å². The van der Waals surface area contributed by atoms with Crippen molar-refractivity contribution in [3.05, 3.63) is 64.9 Å². The second-order valence-corrected chi connectivity index (χ2v) is 6.46. The van der Waals surface area contributed by atoms with E-state index >= 15 is 0 Å². The largest absolute Gasteiger partial charge is 0.459 e. The van der Waals surface area contributed by atoms with E-state index in [1.807, 2.05) is 44.2 Å². The summed E-state index contributed by atoms with van der Waals surface area (Å²) in [4.78, 5) is 23.9. The van der Waals surface area contributed by atoms with Gasteiger partial charge >= 0.3 is 6.03 Å². The van der Waals surface area contributed by atoms with Crippen LogP contribution < -0.4 is 16.0 Å². The number of hydrogen-bond donors (Lipinski definition) is 3. The molecular formula is C20H19N3O3. The third kappa shape index (κ3) is 2.79. The van der Waals surface area contributed by atoms with E-state index in [1.54, 1.807) is 12.1 Å². The fraction of sp³-hybridized carbons (Fsp3) is 0.200. The standard InChI is InChI=1S/C20H19N3O3/c1-11-15-5-3-4-6-17(15)26-18(11)12(2)22-20(25)23-14-7-8-16-13(9-14)10-21-19(16)24/h3-9,12H,10H2,1-2H3,(H,21,24)(H2,22,23,25)/t12-/m1/s1. The van der Waals surface area contributed by atoms with Gasteiger partial charge in [-0.3, -0.25) is 4.79 Å². The SMILES string of the molecule is Cc1c([C@@H](C)NC(=O)Nc2ccc3c(c2)CNC3=O)oc2ccccc12. The molecule has 3 aromatic rings. The molecule has 132 valence electrons. The van der Waals surface area contributed by atoms with E-state index in [0.29, 0.717) is 17.8 Å². The summed E-state index contributed by atoms with van der Waals surface area (Å²) in [7, 11) is 0. The quantitative estimate of drug-likeness (QED) is 0.671. The zero-order chi connectivity index (χ0) is 18.3. The molecule has 0 saturated heterocycles. The van der Waals surface area contributed by atoms with E-state index in [-0.39, 0.29) is 18.0 Å². The lowest BCUT2D eigenvalue weighted by Crippen LogP contribution is -2.31. The van der Waals surface area contributed by atoms with Gasteiger partial charge in [-0.1, -0.05) is 18.2 Å². The smallest absolute Gasteiger partial charge is 0.319 e. The van der Waals surface area contributed by atoms with Crippen molar-refractivity contribution in [2.75, 3.05) is 5.32 Å². The molecule has 0 radical (unpaired) electrons. The van der Waals surface area contributed by atoms with E-state index < -0.39 is 0 Å². The fourth-order valence-corrected chi connectivity index (χ4v) is 3.35. The van der Waals surface area contributed by atoms with Crippen molar-refractivity contribution in [1.82, 2.24) is 10.6 Å². The van der Waals surface area contributed by atoms with Gasteiger partial charge in [0.15, 0.2) is 0 Å². The highest BCUT2D eigenvalue weighted by molar-refractivity contribution is 5.99. The number of furan rings is 1. The van der Waals surface area contributed by atoms with Crippen molar-refractivity contribution in [3.8, 4) is 0 Å². The first-order valence-electron chi connectivity index (χ1n) is 8.49. The molecule has 0 bridgehead atoms. The zero-order valence-electron chi connectivity index (χ0n) is 14.6. The first kappa shape index (κ1) is 16.2. The molecule has 6 nitrogen and oxygen atoms in total. The maximum Gasteiger partial charge on any atom is 0.319 e. The Morgan fingerprint density at radius 3 is 2.85 bits per heavy atom. The van der Waals surface area contributed by atoms with Crippen LogP contribution in [-0.2, 0) is 6.54 Å². The summed E-state index contributed by atoms with van der Waals surface area (Å²) in [6, 6.07) is 12.5. The summed E-state index contributed by atoms with van der Waals surface area (Å²) in [5.41, 5.74) is 4.02. The third-order valence-electron chi connectivity index (χ3n) is 4.67. The number of urea groups is 1. The van der Waals surface area contributed by atoms with Gasteiger partial charge in [0.1, 0.15) is 11.3 Å². The lowest BCUT2D eigenvalue weighted by Gasteiger charge is -2.14. The second kappa shape index (κ2) is 6.22. The van der Waals surface area contributed by atoms with Gasteiger partial charge in [0.05, 0.1) is 6.04 Å². The molecule has 0 unspecified atom stereocenters. The second-order valence-electron chi connectivity index (χ2n) is 6.46. The first-order chi connectivity index (χ1) is 12.5. The maximum absolute atomic E-state index is 12.3. The Kier molecular flexibility index (Phi) is 3.88. The van der Waals surface area contributed by atoms with E-state index in [9.17, 15) is 9.59 Å². The monoisotopic (exact) mass is 349 g/mol. The van der Waals surface area contributed by atoms with Crippen molar-refractivity contribution in [2.45, 2.75) is 26.4 Å². The number of para-hydroxylation sites is 1. The van der Waals surface area contributed by atoms with Crippen LogP contribution in [0, 0.1) is 6.92 Å². The lowest BCUT2D eigenvalue weighted by atomic mass is 10.1. The molecule has 2 aromatic carbocycles. The molecule has 6 heteroatoms. The van der Waals surface area contributed by atoms with Crippen LogP contribution in [0.3, 0.4) is 0 Å². The molecule has 2 heterocycles. The lowest BCUT2D eigenvalue weighted by molar-refractivity contribution is 0.0965. The molecule has 0 saturated carbocycles. The molecule has 26 heavy (non-hydrogen) atoms. The summed E-state index contributed by atoms with van der Waals surface area (Å²) >= 11 is 0. The first-order valence-corrected chi connectivity index (χ1v) is 8.49. The van der Waals surface area contributed by atoms with E-state index in [1.165, 1.54) is 0 Å². The normalized spacial score (nSPS) is 14.0. The number of benzene rings is 2. The van der Waals surface area contributed by atoms with Crippen LogP contribution in [-0.4, -0.2) is 11.9 Å². The Morgan fingerprint density at radius 1 is 1.23 bits per heavy atom. The van der Waals surface area contributed by atoms with Crippen molar-refractivity contribution in [1.29, 1.82) is 0 Å². The molecule has 3 N–H and O–H groups in total. The molecule has 0 fully saturated rings. The summed E-state index contributed by atoms with van der Waals surface area (Å²) in [6.07, 6.45) is 0. The van der Waals surface area contributed by atoms with Gasteiger partial charge < -0.3 is 20.4 Å². The third-order valence-corrected chi connectivity index (χ3v) is 4.67. The van der Waals surface area contributed by atoms with Gasteiger partial charge in [0.2, 0.25) is 0 Å². The Morgan fingerprint density at radius 2 is 2.04 bits per heavy atom. The number of hydrogen-bond acceptors (Lipinski definition) is 3. The van der Waals surface area contributed by atoms with Gasteiger partial charge in [-0.25, -0.2) is 4.79 Å². The van der Waals surface area contributed by atoms with Crippen molar-refractivity contribution in [3.63, 3.8) is 0 Å². The predicted octanol–water partition coefficient (Wildman–Crippen LogP) is 3.87. The van der Waals surface area contributed by atoms with Crippen molar-refractivity contribution >= 4 is 28.6 Å². The molecule has 1 aliphatic heterocycles. The van der Waals surface area contributed by atoms with Crippen LogP contribution in [0.25, 0.3) is 11.0 Å². The van der Waals surface area contributed by atoms with Crippen LogP contribution in [0.15, 0.2) is 46.9 Å². The topological polar surface area (TPSA) is 83.4 Å². The van der Waals surface area contributed by atoms with Crippen LogP contribution in [0.2, 0.25) is 0 Å². The summed E-state index contributed by atoms with van der Waals surface area (Å²) < 4.78 is 5.90. The number of anilines is 1. The minimum Gasteiger partial charge on any atom is -0.459 e. The summed E-state index contributed by atoms with van der Waals surface area (Å²) in [6.45, 7) is 4.36. The molecule has 3 amide bonds. The van der Waals surface area contributed by atoms with Gasteiger partial charge in [0, 0.05) is 28.7 Å². The number of aryl methyl sites for hydroxylation is 1. The highest BCUT2D eigenvalue weighted by Gasteiger charge is 2.20. The van der Waals surface area contributed by atoms with Crippen molar-refractivity contribution in [2.24, 2.45) is 0 Å². The Balaban J connectivity index is 1.47. The van der Waals surface area contributed by atoms with Crippen LogP contribution in [0.5, 0.6) is 0 Å². The molecule has 1 atom stereocenters. The zero-order valence-corrected chi connectivity index (χ0v) is 14.6. The summed E-state index contributed by atoms with van der Waals surface area (Å²) in [5, 5.41) is 9.51. The number of fused-ring (bicyclic) bond motifs is 2. The molecule has 1 aliphatic rings. The number of carbonyl (C=O) groups is 2. The minimum atomic E-state index is -0.324. The van der Waals surface area contributed by atoms with Crippen LogP contribution in [0.1, 0.15) is 40.2 Å². The fourth-order valence-electron chi connectivity index (χ4n) is 3.35. The Hall–Kier alpha value is -3.28. The van der Waals surface area contributed by atoms with Gasteiger partial charge in [-0.15, -0.1) is 0 Å². The summed E-state index contributed by atoms with van der Waals surface area (Å²) in [5.74, 6) is 0.662. The van der Waals surface area contributed by atoms with Crippen LogP contribution >= 0.6 is 0 Å². The van der Waals surface area contributed by atoms with E-state index in [2.05, 4.69) is 16.0 Å². The molecule has 4 rings (SSSR count). The highest BCUT2D eigenvalue weighted by atomic mass is 16.3. The molecule has 0 aliphatic carbocycles. The Labute approximate surface area is 150 Å². The predicted molar refractivity (Wildman–Crippen MR) is 99.1 cm³/mol. The number of rotatable bonds is 3. The maximum atomic E-state index is 12.3. The van der Waals surface area contributed by atoms with E-state index in [0.717, 1.165) is 27.9 Å². The molecule has 1 aromatic heterocycles. The van der Waals surface area contributed by atoms with Gasteiger partial charge in [0.25, 0.3) is 5.91 Å². The van der Waals surface area contributed by atoms with Gasteiger partial charge in [-0.05, 0) is 43.7 Å².